The maximum atomic E-state index is 5.96. The third-order valence-electron chi connectivity index (χ3n) is 1.90. The molecule has 0 atom stereocenters. The van der Waals surface area contributed by atoms with Crippen molar-refractivity contribution in [3.8, 4) is 11.6 Å². The van der Waals surface area contributed by atoms with Gasteiger partial charge in [-0.15, -0.1) is 0 Å². The van der Waals surface area contributed by atoms with Crippen LogP contribution >= 0.6 is 11.6 Å². The SMILES string of the molecule is CNc1nccc(Oc2ccccc2Cl)n1. The van der Waals surface area contributed by atoms with Gasteiger partial charge in [0.25, 0.3) is 0 Å². The van der Waals surface area contributed by atoms with Crippen molar-refractivity contribution in [2.24, 2.45) is 0 Å². The molecule has 0 aliphatic rings. The lowest BCUT2D eigenvalue weighted by Gasteiger charge is -2.06. The van der Waals surface area contributed by atoms with Gasteiger partial charge in [-0.3, -0.25) is 0 Å². The lowest BCUT2D eigenvalue weighted by Crippen LogP contribution is -1.97. The number of hydrogen-bond acceptors (Lipinski definition) is 4. The monoisotopic (exact) mass is 235 g/mol. The largest absolute Gasteiger partial charge is 0.437 e. The maximum absolute atomic E-state index is 5.96. The zero-order chi connectivity index (χ0) is 11.4. The predicted octanol–water partition coefficient (Wildman–Crippen LogP) is 2.96. The average Bonchev–Trinajstić information content (AvgIpc) is 2.32. The highest BCUT2D eigenvalue weighted by molar-refractivity contribution is 6.32. The van der Waals surface area contributed by atoms with Crippen LogP contribution in [0.15, 0.2) is 36.5 Å². The van der Waals surface area contributed by atoms with E-state index in [0.717, 1.165) is 0 Å². The molecule has 0 saturated heterocycles. The summed E-state index contributed by atoms with van der Waals surface area (Å²) in [6, 6.07) is 8.90. The number of benzene rings is 1. The second-order valence-corrected chi connectivity index (χ2v) is 3.41. The van der Waals surface area contributed by atoms with Crippen molar-refractivity contribution in [3.63, 3.8) is 0 Å². The Kier molecular flexibility index (Phi) is 3.22. The molecular formula is C11H10ClN3O. The summed E-state index contributed by atoms with van der Waals surface area (Å²) >= 11 is 5.96. The van der Waals surface area contributed by atoms with Crippen molar-refractivity contribution < 1.29 is 4.74 Å². The number of halogens is 1. The van der Waals surface area contributed by atoms with Gasteiger partial charge in [0.05, 0.1) is 5.02 Å². The highest BCUT2D eigenvalue weighted by atomic mass is 35.5. The van der Waals surface area contributed by atoms with Crippen LogP contribution in [0.4, 0.5) is 5.95 Å². The molecule has 1 heterocycles. The van der Waals surface area contributed by atoms with E-state index in [1.54, 1.807) is 31.4 Å². The molecule has 1 N–H and O–H groups in total. The Morgan fingerprint density at radius 1 is 1.25 bits per heavy atom. The fraction of sp³-hybridized carbons (Fsp3) is 0.0909. The van der Waals surface area contributed by atoms with Gasteiger partial charge in [-0.25, -0.2) is 4.98 Å². The summed E-state index contributed by atoms with van der Waals surface area (Å²) in [6.07, 6.45) is 1.62. The molecule has 0 amide bonds. The van der Waals surface area contributed by atoms with Crippen LogP contribution in [0, 0.1) is 0 Å². The van der Waals surface area contributed by atoms with Crippen molar-refractivity contribution in [2.75, 3.05) is 12.4 Å². The topological polar surface area (TPSA) is 47.0 Å². The van der Waals surface area contributed by atoms with Gasteiger partial charge in [0, 0.05) is 19.3 Å². The highest BCUT2D eigenvalue weighted by Gasteiger charge is 2.03. The number of ether oxygens (including phenoxy) is 1. The molecule has 0 saturated carbocycles. The highest BCUT2D eigenvalue weighted by Crippen LogP contribution is 2.27. The second kappa shape index (κ2) is 4.81. The molecule has 0 fully saturated rings. The first-order valence-corrected chi connectivity index (χ1v) is 5.10. The molecule has 4 nitrogen and oxygen atoms in total. The standard InChI is InChI=1S/C11H10ClN3O/c1-13-11-14-7-6-10(15-11)16-9-5-3-2-4-8(9)12/h2-7H,1H3,(H,13,14,15). The van der Waals surface area contributed by atoms with E-state index in [9.17, 15) is 0 Å². The second-order valence-electron chi connectivity index (χ2n) is 3.00. The molecule has 1 aromatic heterocycles. The quantitative estimate of drug-likeness (QED) is 0.889. The molecule has 16 heavy (non-hydrogen) atoms. The van der Waals surface area contributed by atoms with E-state index in [2.05, 4.69) is 15.3 Å². The number of hydrogen-bond donors (Lipinski definition) is 1. The molecule has 2 aromatic rings. The van der Waals surface area contributed by atoms with Crippen molar-refractivity contribution in [2.45, 2.75) is 0 Å². The Labute approximate surface area is 98.3 Å². The summed E-state index contributed by atoms with van der Waals surface area (Å²) < 4.78 is 5.53. The fourth-order valence-corrected chi connectivity index (χ4v) is 1.33. The summed E-state index contributed by atoms with van der Waals surface area (Å²) in [5.74, 6) is 1.53. The normalized spacial score (nSPS) is 9.88. The molecule has 2 rings (SSSR count). The van der Waals surface area contributed by atoms with E-state index in [1.807, 2.05) is 12.1 Å². The Hall–Kier alpha value is -1.81. The first-order chi connectivity index (χ1) is 7.79. The van der Waals surface area contributed by atoms with E-state index >= 15 is 0 Å². The van der Waals surface area contributed by atoms with Gasteiger partial charge in [-0.1, -0.05) is 23.7 Å². The van der Waals surface area contributed by atoms with E-state index in [4.69, 9.17) is 16.3 Å². The molecule has 0 bridgehead atoms. The van der Waals surface area contributed by atoms with Gasteiger partial charge >= 0.3 is 0 Å². The van der Waals surface area contributed by atoms with Crippen molar-refractivity contribution in [3.05, 3.63) is 41.6 Å². The van der Waals surface area contributed by atoms with Gasteiger partial charge in [-0.2, -0.15) is 4.98 Å². The Morgan fingerprint density at radius 2 is 2.06 bits per heavy atom. The van der Waals surface area contributed by atoms with Crippen LogP contribution in [0.5, 0.6) is 11.6 Å². The molecule has 0 aliphatic carbocycles. The predicted molar refractivity (Wildman–Crippen MR) is 63.1 cm³/mol. The zero-order valence-electron chi connectivity index (χ0n) is 8.64. The Balaban J connectivity index is 2.24. The van der Waals surface area contributed by atoms with Crippen LogP contribution in [0.3, 0.4) is 0 Å². The van der Waals surface area contributed by atoms with Gasteiger partial charge in [0.1, 0.15) is 5.75 Å². The summed E-state index contributed by atoms with van der Waals surface area (Å²) in [7, 11) is 1.74. The van der Waals surface area contributed by atoms with E-state index in [-0.39, 0.29) is 0 Å². The van der Waals surface area contributed by atoms with Crippen LogP contribution in [0.1, 0.15) is 0 Å². The molecular weight excluding hydrogens is 226 g/mol. The number of aromatic nitrogens is 2. The zero-order valence-corrected chi connectivity index (χ0v) is 9.40. The van der Waals surface area contributed by atoms with Crippen LogP contribution < -0.4 is 10.1 Å². The number of para-hydroxylation sites is 1. The first-order valence-electron chi connectivity index (χ1n) is 4.73. The summed E-state index contributed by atoms with van der Waals surface area (Å²) in [5, 5.41) is 3.38. The Bertz CT molecular complexity index is 490. The maximum Gasteiger partial charge on any atom is 0.225 e. The number of nitrogens with one attached hydrogen (secondary N) is 1. The molecule has 5 heteroatoms. The van der Waals surface area contributed by atoms with Crippen molar-refractivity contribution in [1.29, 1.82) is 0 Å². The minimum atomic E-state index is 0.451. The van der Waals surface area contributed by atoms with Crippen molar-refractivity contribution in [1.82, 2.24) is 9.97 Å². The molecule has 0 aliphatic heterocycles. The van der Waals surface area contributed by atoms with Crippen LogP contribution in [-0.2, 0) is 0 Å². The summed E-state index contributed by atoms with van der Waals surface area (Å²) in [5.41, 5.74) is 0. The lowest BCUT2D eigenvalue weighted by molar-refractivity contribution is 0.462. The van der Waals surface area contributed by atoms with Gasteiger partial charge < -0.3 is 10.1 Å². The molecule has 0 spiro atoms. The van der Waals surface area contributed by atoms with Gasteiger partial charge in [0.2, 0.25) is 11.8 Å². The fourth-order valence-electron chi connectivity index (χ4n) is 1.16. The number of nitrogens with zero attached hydrogens (tertiary/aromatic N) is 2. The first kappa shape index (κ1) is 10.7. The average molecular weight is 236 g/mol. The van der Waals surface area contributed by atoms with Gasteiger partial charge in [0.15, 0.2) is 0 Å². The molecule has 0 radical (unpaired) electrons. The van der Waals surface area contributed by atoms with Crippen molar-refractivity contribution >= 4 is 17.5 Å². The van der Waals surface area contributed by atoms with Crippen LogP contribution in [-0.4, -0.2) is 17.0 Å². The third kappa shape index (κ3) is 2.41. The Morgan fingerprint density at radius 3 is 2.81 bits per heavy atom. The van der Waals surface area contributed by atoms with E-state index in [0.29, 0.717) is 22.6 Å². The van der Waals surface area contributed by atoms with Crippen LogP contribution in [0.2, 0.25) is 5.02 Å². The lowest BCUT2D eigenvalue weighted by atomic mass is 10.3. The minimum Gasteiger partial charge on any atom is -0.437 e. The summed E-state index contributed by atoms with van der Waals surface area (Å²) in [4.78, 5) is 8.11. The van der Waals surface area contributed by atoms with Crippen LogP contribution in [0.25, 0.3) is 0 Å². The molecule has 1 aromatic carbocycles. The van der Waals surface area contributed by atoms with E-state index < -0.39 is 0 Å². The molecule has 0 unspecified atom stereocenters. The third-order valence-corrected chi connectivity index (χ3v) is 2.22. The smallest absolute Gasteiger partial charge is 0.225 e. The number of rotatable bonds is 3. The minimum absolute atomic E-state index is 0.451. The molecule has 82 valence electrons. The van der Waals surface area contributed by atoms with Gasteiger partial charge in [-0.05, 0) is 12.1 Å². The van der Waals surface area contributed by atoms with E-state index in [1.165, 1.54) is 0 Å². The summed E-state index contributed by atoms with van der Waals surface area (Å²) in [6.45, 7) is 0. The number of anilines is 1.